The summed E-state index contributed by atoms with van der Waals surface area (Å²) >= 11 is 0. The topological polar surface area (TPSA) is 87.1 Å². The fraction of sp³-hybridized carbons (Fsp3) is 0.273. The Bertz CT molecular complexity index is 401. The van der Waals surface area contributed by atoms with Gasteiger partial charge < -0.3 is 10.8 Å². The second-order valence-corrected chi connectivity index (χ2v) is 3.37. The Balaban J connectivity index is 0.00000225. The first-order chi connectivity index (χ1) is 7.11. The zero-order valence-electron chi connectivity index (χ0n) is 8.59. The van der Waals surface area contributed by atoms with Gasteiger partial charge in [-0.1, -0.05) is 12.1 Å². The van der Waals surface area contributed by atoms with Gasteiger partial charge in [-0.25, -0.2) is 0 Å². The molecule has 1 aromatic carbocycles. The number of carboxylic acid groups (broad SMARTS) is 1. The first-order valence-corrected chi connectivity index (χ1v) is 4.58. The Labute approximate surface area is 100 Å². The third kappa shape index (κ3) is 4.78. The van der Waals surface area contributed by atoms with Crippen LogP contribution in [0.5, 0.6) is 0 Å². The summed E-state index contributed by atoms with van der Waals surface area (Å²) in [7, 11) is 0. The maximum atomic E-state index is 10.4. The van der Waals surface area contributed by atoms with Crippen molar-refractivity contribution < 1.29 is 9.90 Å². The molecule has 0 aliphatic heterocycles. The van der Waals surface area contributed by atoms with Crippen molar-refractivity contribution in [3.05, 3.63) is 35.4 Å². The number of rotatable bonds is 4. The van der Waals surface area contributed by atoms with Crippen LogP contribution < -0.4 is 5.73 Å². The monoisotopic (exact) mass is 240 g/mol. The Morgan fingerprint density at radius 1 is 1.56 bits per heavy atom. The summed E-state index contributed by atoms with van der Waals surface area (Å²) in [5.41, 5.74) is 7.09. The van der Waals surface area contributed by atoms with Gasteiger partial charge in [0, 0.05) is 6.04 Å². The average molecular weight is 241 g/mol. The van der Waals surface area contributed by atoms with Crippen LogP contribution in [0.3, 0.4) is 0 Å². The average Bonchev–Trinajstić information content (AvgIpc) is 2.16. The number of hydrogen-bond acceptors (Lipinski definition) is 3. The van der Waals surface area contributed by atoms with E-state index in [-0.39, 0.29) is 18.8 Å². The number of nitrogens with zero attached hydrogens (tertiary/aromatic N) is 1. The zero-order chi connectivity index (χ0) is 11.3. The van der Waals surface area contributed by atoms with Crippen molar-refractivity contribution in [1.29, 1.82) is 5.26 Å². The Kier molecular flexibility index (Phi) is 6.16. The molecular weight excluding hydrogens is 228 g/mol. The second-order valence-electron chi connectivity index (χ2n) is 3.37. The lowest BCUT2D eigenvalue weighted by Crippen LogP contribution is -2.26. The molecule has 0 radical (unpaired) electrons. The Morgan fingerprint density at radius 3 is 2.81 bits per heavy atom. The maximum Gasteiger partial charge on any atom is 0.304 e. The SMILES string of the molecule is Cl.N#Cc1cccc(C[C@H](N)CC(=O)O)c1. The third-order valence-corrected chi connectivity index (χ3v) is 1.99. The molecule has 86 valence electrons. The molecule has 0 amide bonds. The standard InChI is InChI=1S/C11H12N2O2.ClH/c12-7-9-3-1-2-8(4-9)5-10(13)6-11(14)15;/h1-4,10H,5-6,13H2,(H,14,15);1H/t10-;/m0./s1. The van der Waals surface area contributed by atoms with Gasteiger partial charge in [0.15, 0.2) is 0 Å². The second kappa shape index (κ2) is 6.83. The van der Waals surface area contributed by atoms with Gasteiger partial charge >= 0.3 is 5.97 Å². The molecule has 4 nitrogen and oxygen atoms in total. The first-order valence-electron chi connectivity index (χ1n) is 4.58. The molecule has 0 bridgehead atoms. The molecule has 0 spiro atoms. The van der Waals surface area contributed by atoms with Gasteiger partial charge in [0.2, 0.25) is 0 Å². The predicted octanol–water partition coefficient (Wildman–Crippen LogP) is 1.32. The highest BCUT2D eigenvalue weighted by molar-refractivity contribution is 5.85. The van der Waals surface area contributed by atoms with E-state index in [9.17, 15) is 4.79 Å². The molecule has 5 heteroatoms. The van der Waals surface area contributed by atoms with E-state index in [1.54, 1.807) is 18.2 Å². The normalized spacial score (nSPS) is 11.0. The van der Waals surface area contributed by atoms with Crippen molar-refractivity contribution in [2.45, 2.75) is 18.9 Å². The van der Waals surface area contributed by atoms with Gasteiger partial charge in [-0.15, -0.1) is 12.4 Å². The summed E-state index contributed by atoms with van der Waals surface area (Å²) in [5.74, 6) is -0.904. The molecular formula is C11H13ClN2O2. The van der Waals surface area contributed by atoms with Gasteiger partial charge in [-0.2, -0.15) is 5.26 Å². The van der Waals surface area contributed by atoms with E-state index in [1.165, 1.54) is 0 Å². The lowest BCUT2D eigenvalue weighted by atomic mass is 10.0. The fourth-order valence-electron chi connectivity index (χ4n) is 1.37. The van der Waals surface area contributed by atoms with Crippen LogP contribution in [0.25, 0.3) is 0 Å². The molecule has 0 heterocycles. The number of hydrogen-bond donors (Lipinski definition) is 2. The number of benzene rings is 1. The van der Waals surface area contributed by atoms with Crippen molar-refractivity contribution in [3.63, 3.8) is 0 Å². The third-order valence-electron chi connectivity index (χ3n) is 1.99. The van der Waals surface area contributed by atoms with Gasteiger partial charge in [0.25, 0.3) is 0 Å². The van der Waals surface area contributed by atoms with Crippen molar-refractivity contribution in [2.24, 2.45) is 5.73 Å². The molecule has 0 unspecified atom stereocenters. The molecule has 1 rings (SSSR count). The Morgan fingerprint density at radius 2 is 2.25 bits per heavy atom. The highest BCUT2D eigenvalue weighted by atomic mass is 35.5. The van der Waals surface area contributed by atoms with Crippen LogP contribution in [0.1, 0.15) is 17.5 Å². The minimum absolute atomic E-state index is 0. The van der Waals surface area contributed by atoms with E-state index in [0.29, 0.717) is 12.0 Å². The highest BCUT2D eigenvalue weighted by Gasteiger charge is 2.08. The minimum Gasteiger partial charge on any atom is -0.481 e. The van der Waals surface area contributed by atoms with Crippen molar-refractivity contribution in [3.8, 4) is 6.07 Å². The molecule has 0 saturated heterocycles. The smallest absolute Gasteiger partial charge is 0.304 e. The van der Waals surface area contributed by atoms with Crippen LogP contribution in [0.15, 0.2) is 24.3 Å². The van der Waals surface area contributed by atoms with Gasteiger partial charge in [-0.3, -0.25) is 4.79 Å². The van der Waals surface area contributed by atoms with Crippen LogP contribution >= 0.6 is 12.4 Å². The van der Waals surface area contributed by atoms with Crippen molar-refractivity contribution >= 4 is 18.4 Å². The predicted molar refractivity (Wildman–Crippen MR) is 62.3 cm³/mol. The van der Waals surface area contributed by atoms with Crippen LogP contribution in [-0.4, -0.2) is 17.1 Å². The minimum atomic E-state index is -0.904. The van der Waals surface area contributed by atoms with Crippen molar-refractivity contribution in [1.82, 2.24) is 0 Å². The maximum absolute atomic E-state index is 10.4. The fourth-order valence-corrected chi connectivity index (χ4v) is 1.37. The zero-order valence-corrected chi connectivity index (χ0v) is 9.41. The number of nitrogens with two attached hydrogens (primary N) is 1. The number of carboxylic acids is 1. The molecule has 0 saturated carbocycles. The van der Waals surface area contributed by atoms with Gasteiger partial charge in [0.1, 0.15) is 0 Å². The summed E-state index contributed by atoms with van der Waals surface area (Å²) < 4.78 is 0. The Hall–Kier alpha value is -1.57. The molecule has 1 atom stereocenters. The van der Waals surface area contributed by atoms with Crippen LogP contribution in [0, 0.1) is 11.3 Å². The van der Waals surface area contributed by atoms with E-state index in [0.717, 1.165) is 5.56 Å². The van der Waals surface area contributed by atoms with E-state index in [4.69, 9.17) is 16.1 Å². The summed E-state index contributed by atoms with van der Waals surface area (Å²) in [4.78, 5) is 10.4. The van der Waals surface area contributed by atoms with E-state index >= 15 is 0 Å². The van der Waals surface area contributed by atoms with Gasteiger partial charge in [0.05, 0.1) is 18.1 Å². The largest absolute Gasteiger partial charge is 0.481 e. The molecule has 0 aromatic heterocycles. The molecule has 16 heavy (non-hydrogen) atoms. The van der Waals surface area contributed by atoms with E-state index in [1.807, 2.05) is 12.1 Å². The van der Waals surface area contributed by atoms with Crippen LogP contribution in [-0.2, 0) is 11.2 Å². The summed E-state index contributed by atoms with van der Waals surface area (Å²) in [6.07, 6.45) is 0.415. The van der Waals surface area contributed by atoms with Crippen molar-refractivity contribution in [2.75, 3.05) is 0 Å². The molecule has 3 N–H and O–H groups in total. The summed E-state index contributed by atoms with van der Waals surface area (Å²) in [5, 5.41) is 17.2. The van der Waals surface area contributed by atoms with Crippen LogP contribution in [0.4, 0.5) is 0 Å². The van der Waals surface area contributed by atoms with E-state index < -0.39 is 12.0 Å². The summed E-state index contributed by atoms with van der Waals surface area (Å²) in [6, 6.07) is 8.64. The first kappa shape index (κ1) is 14.4. The molecule has 0 aliphatic rings. The van der Waals surface area contributed by atoms with E-state index in [2.05, 4.69) is 0 Å². The number of nitriles is 1. The number of aliphatic carboxylic acids is 1. The van der Waals surface area contributed by atoms with Gasteiger partial charge in [-0.05, 0) is 24.1 Å². The highest BCUT2D eigenvalue weighted by Crippen LogP contribution is 2.07. The molecule has 1 aromatic rings. The summed E-state index contributed by atoms with van der Waals surface area (Å²) in [6.45, 7) is 0. The molecule has 0 aliphatic carbocycles. The quantitative estimate of drug-likeness (QED) is 0.831. The van der Waals surface area contributed by atoms with Crippen LogP contribution in [0.2, 0.25) is 0 Å². The molecule has 0 fully saturated rings. The number of halogens is 1. The lowest BCUT2D eigenvalue weighted by molar-refractivity contribution is -0.137. The lowest BCUT2D eigenvalue weighted by Gasteiger charge is -2.08. The number of carbonyl (C=O) groups is 1.